The third kappa shape index (κ3) is 4.34. The van der Waals surface area contributed by atoms with Gasteiger partial charge in [-0.25, -0.2) is 10.4 Å². The molecule has 3 rings (SSSR count). The lowest BCUT2D eigenvalue weighted by molar-refractivity contribution is 0.414. The van der Waals surface area contributed by atoms with Gasteiger partial charge in [0.15, 0.2) is 0 Å². The highest BCUT2D eigenvalue weighted by atomic mass is 79.9. The van der Waals surface area contributed by atoms with Gasteiger partial charge in [0.1, 0.15) is 11.5 Å². The van der Waals surface area contributed by atoms with Gasteiger partial charge in [-0.05, 0) is 42.5 Å². The number of halogens is 1. The maximum absolute atomic E-state index is 5.31. The van der Waals surface area contributed by atoms with Crippen molar-refractivity contribution in [1.82, 2.24) is 15.2 Å². The lowest BCUT2D eigenvalue weighted by atomic mass is 10.1. The second kappa shape index (κ2) is 8.39. The van der Waals surface area contributed by atoms with Crippen molar-refractivity contribution < 1.29 is 9.47 Å². The van der Waals surface area contributed by atoms with Crippen molar-refractivity contribution in [1.29, 1.82) is 0 Å². The van der Waals surface area contributed by atoms with E-state index in [9.17, 15) is 0 Å². The van der Waals surface area contributed by atoms with E-state index in [1.807, 2.05) is 42.5 Å². The highest BCUT2D eigenvalue weighted by molar-refractivity contribution is 9.10. The summed E-state index contributed by atoms with van der Waals surface area (Å²) in [6.07, 6.45) is 3.22. The summed E-state index contributed by atoms with van der Waals surface area (Å²) in [6.45, 7) is 0. The fourth-order valence-corrected chi connectivity index (χ4v) is 2.60. The molecule has 0 fully saturated rings. The minimum atomic E-state index is 0.295. The molecule has 0 aliphatic carbocycles. The van der Waals surface area contributed by atoms with Crippen molar-refractivity contribution in [2.24, 2.45) is 5.10 Å². The summed E-state index contributed by atoms with van der Waals surface area (Å²) in [6, 6.07) is 13.2. The fraction of sp³-hybridized carbons (Fsp3) is 0.111. The molecule has 1 N–H and O–H groups in total. The molecular weight excluding hydrogens is 398 g/mol. The molecule has 1 heterocycles. The molecule has 2 aromatic carbocycles. The zero-order valence-corrected chi connectivity index (χ0v) is 15.8. The van der Waals surface area contributed by atoms with Crippen LogP contribution in [0.25, 0.3) is 11.3 Å². The van der Waals surface area contributed by atoms with Crippen LogP contribution < -0.4 is 14.9 Å². The van der Waals surface area contributed by atoms with Crippen LogP contribution in [-0.2, 0) is 0 Å². The first-order valence-corrected chi connectivity index (χ1v) is 8.45. The zero-order chi connectivity index (χ0) is 18.4. The molecule has 0 spiro atoms. The topological polar surface area (TPSA) is 81.5 Å². The summed E-state index contributed by atoms with van der Waals surface area (Å²) in [7, 11) is 3.24. The Hall–Kier alpha value is -3.00. The first-order valence-electron chi connectivity index (χ1n) is 7.66. The highest BCUT2D eigenvalue weighted by Gasteiger charge is 2.04. The molecule has 0 saturated carbocycles. The van der Waals surface area contributed by atoms with Gasteiger partial charge in [-0.15, -0.1) is 5.10 Å². The molecule has 3 aromatic rings. The van der Waals surface area contributed by atoms with Gasteiger partial charge < -0.3 is 9.47 Å². The van der Waals surface area contributed by atoms with Crippen LogP contribution in [0.5, 0.6) is 11.5 Å². The van der Waals surface area contributed by atoms with Gasteiger partial charge in [-0.3, -0.25) is 0 Å². The summed E-state index contributed by atoms with van der Waals surface area (Å²) < 4.78 is 11.4. The Kier molecular flexibility index (Phi) is 5.75. The SMILES string of the molecule is COc1ccc(-c2cnnc(N/N=C\c3cc(Br)ccc3OC)n2)cc1. The number of methoxy groups -OCH3 is 2. The van der Waals surface area contributed by atoms with Crippen molar-refractivity contribution in [2.45, 2.75) is 0 Å². The lowest BCUT2D eigenvalue weighted by Gasteiger charge is -2.05. The summed E-state index contributed by atoms with van der Waals surface area (Å²) >= 11 is 3.43. The van der Waals surface area contributed by atoms with E-state index < -0.39 is 0 Å². The Balaban J connectivity index is 1.75. The molecule has 1 aromatic heterocycles. The number of hydrogen-bond acceptors (Lipinski definition) is 7. The van der Waals surface area contributed by atoms with Gasteiger partial charge in [0.2, 0.25) is 0 Å². The second-order valence-electron chi connectivity index (χ2n) is 5.15. The molecule has 0 saturated heterocycles. The van der Waals surface area contributed by atoms with Gasteiger partial charge in [0.05, 0.1) is 32.3 Å². The normalized spacial score (nSPS) is 10.7. The van der Waals surface area contributed by atoms with Crippen LogP contribution >= 0.6 is 15.9 Å². The zero-order valence-electron chi connectivity index (χ0n) is 14.2. The number of nitrogens with one attached hydrogen (secondary N) is 1. The summed E-state index contributed by atoms with van der Waals surface area (Å²) in [5.74, 6) is 1.79. The molecular formula is C18H16BrN5O2. The molecule has 7 nitrogen and oxygen atoms in total. The molecule has 26 heavy (non-hydrogen) atoms. The number of ether oxygens (including phenoxy) is 2. The average molecular weight is 414 g/mol. The van der Waals surface area contributed by atoms with Gasteiger partial charge in [0.25, 0.3) is 5.95 Å². The van der Waals surface area contributed by atoms with E-state index in [4.69, 9.17) is 9.47 Å². The molecule has 132 valence electrons. The Labute approximate surface area is 159 Å². The van der Waals surface area contributed by atoms with Gasteiger partial charge in [-0.2, -0.15) is 10.2 Å². The van der Waals surface area contributed by atoms with Gasteiger partial charge in [0, 0.05) is 15.6 Å². The van der Waals surface area contributed by atoms with E-state index >= 15 is 0 Å². The molecule has 0 radical (unpaired) electrons. The Bertz CT molecular complexity index is 916. The van der Waals surface area contributed by atoms with E-state index in [-0.39, 0.29) is 0 Å². The van der Waals surface area contributed by atoms with Crippen LogP contribution in [0.3, 0.4) is 0 Å². The van der Waals surface area contributed by atoms with Crippen LogP contribution in [0.2, 0.25) is 0 Å². The van der Waals surface area contributed by atoms with Crippen molar-refractivity contribution in [3.8, 4) is 22.8 Å². The van der Waals surface area contributed by atoms with Crippen molar-refractivity contribution in [2.75, 3.05) is 19.6 Å². The van der Waals surface area contributed by atoms with Crippen molar-refractivity contribution in [3.05, 3.63) is 58.7 Å². The van der Waals surface area contributed by atoms with Crippen LogP contribution in [-0.4, -0.2) is 35.6 Å². The second-order valence-corrected chi connectivity index (χ2v) is 6.07. The summed E-state index contributed by atoms with van der Waals surface area (Å²) in [5, 5.41) is 12.1. The minimum absolute atomic E-state index is 0.295. The predicted octanol–water partition coefficient (Wildman–Crippen LogP) is 3.76. The number of hydrogen-bond donors (Lipinski definition) is 1. The van der Waals surface area contributed by atoms with E-state index in [1.165, 1.54) is 0 Å². The quantitative estimate of drug-likeness (QED) is 0.489. The molecule has 0 unspecified atom stereocenters. The van der Waals surface area contributed by atoms with Crippen LogP contribution in [0.15, 0.2) is 58.2 Å². The number of rotatable bonds is 6. The number of aromatic nitrogens is 3. The molecule has 0 bridgehead atoms. The first kappa shape index (κ1) is 17.8. The number of anilines is 1. The number of nitrogens with zero attached hydrogens (tertiary/aromatic N) is 4. The predicted molar refractivity (Wildman–Crippen MR) is 104 cm³/mol. The fourth-order valence-electron chi connectivity index (χ4n) is 2.22. The first-order chi connectivity index (χ1) is 12.7. The van der Waals surface area contributed by atoms with E-state index in [1.54, 1.807) is 26.6 Å². The third-order valence-corrected chi connectivity index (χ3v) is 4.00. The maximum atomic E-state index is 5.31. The molecule has 0 aliphatic rings. The summed E-state index contributed by atoms with van der Waals surface area (Å²) in [4.78, 5) is 4.41. The number of hydrazone groups is 1. The monoisotopic (exact) mass is 413 g/mol. The minimum Gasteiger partial charge on any atom is -0.497 e. The van der Waals surface area contributed by atoms with Crippen LogP contribution in [0.1, 0.15) is 5.56 Å². The average Bonchev–Trinajstić information content (AvgIpc) is 2.68. The highest BCUT2D eigenvalue weighted by Crippen LogP contribution is 2.22. The molecule has 8 heteroatoms. The van der Waals surface area contributed by atoms with Crippen molar-refractivity contribution >= 4 is 28.1 Å². The smallest absolute Gasteiger partial charge is 0.263 e. The lowest BCUT2D eigenvalue weighted by Crippen LogP contribution is -2.00. The van der Waals surface area contributed by atoms with E-state index in [0.29, 0.717) is 17.4 Å². The standard InChI is InChI=1S/C18H16BrN5O2/c1-25-15-6-3-12(4-7-15)16-11-21-24-18(22-16)23-20-10-13-9-14(19)5-8-17(13)26-2/h3-11H,1-2H3,(H,22,23,24)/b20-10-. The number of benzene rings is 2. The van der Waals surface area contributed by atoms with E-state index in [0.717, 1.165) is 21.3 Å². The van der Waals surface area contributed by atoms with Gasteiger partial charge >= 0.3 is 0 Å². The molecule has 0 aliphatic heterocycles. The third-order valence-electron chi connectivity index (χ3n) is 3.50. The molecule has 0 amide bonds. The van der Waals surface area contributed by atoms with E-state index in [2.05, 4.69) is 41.6 Å². The largest absolute Gasteiger partial charge is 0.497 e. The van der Waals surface area contributed by atoms with Gasteiger partial charge in [-0.1, -0.05) is 15.9 Å². The Morgan fingerprint density at radius 1 is 1.08 bits per heavy atom. The molecule has 0 atom stereocenters. The van der Waals surface area contributed by atoms with Crippen LogP contribution in [0, 0.1) is 0 Å². The Morgan fingerprint density at radius 3 is 2.62 bits per heavy atom. The maximum Gasteiger partial charge on any atom is 0.263 e. The summed E-state index contributed by atoms with van der Waals surface area (Å²) in [5.41, 5.74) is 5.18. The van der Waals surface area contributed by atoms with Crippen molar-refractivity contribution in [3.63, 3.8) is 0 Å². The Morgan fingerprint density at radius 2 is 1.88 bits per heavy atom. The van der Waals surface area contributed by atoms with Crippen LogP contribution in [0.4, 0.5) is 5.95 Å².